The highest BCUT2D eigenvalue weighted by Crippen LogP contribution is 2.45. The fourth-order valence-corrected chi connectivity index (χ4v) is 3.01. The molecule has 0 atom stereocenters. The van der Waals surface area contributed by atoms with Gasteiger partial charge in [0.15, 0.2) is 0 Å². The van der Waals surface area contributed by atoms with E-state index in [4.69, 9.17) is 22.1 Å². The number of hydrogen-bond acceptors (Lipinski definition) is 3. The number of rotatable bonds is 3. The molecule has 2 rings (SSSR count). The number of benzene rings is 1. The average Bonchev–Trinajstić information content (AvgIpc) is 2.28. The van der Waals surface area contributed by atoms with Gasteiger partial charge in [-0.05, 0) is 51.3 Å². The van der Waals surface area contributed by atoms with Crippen molar-refractivity contribution in [1.29, 1.82) is 0 Å². The van der Waals surface area contributed by atoms with Crippen LogP contribution in [0.3, 0.4) is 0 Å². The second-order valence-corrected chi connectivity index (χ2v) is 7.07. The van der Waals surface area contributed by atoms with Gasteiger partial charge in [0.05, 0.1) is 0 Å². The number of hydrogen-bond donors (Lipinski definition) is 2. The van der Waals surface area contributed by atoms with Gasteiger partial charge in [-0.15, -0.1) is 0 Å². The van der Waals surface area contributed by atoms with Crippen molar-refractivity contribution in [2.45, 2.75) is 51.0 Å². The van der Waals surface area contributed by atoms with Gasteiger partial charge in [0.2, 0.25) is 0 Å². The third kappa shape index (κ3) is 3.69. The Kier molecular flexibility index (Phi) is 4.49. The van der Waals surface area contributed by atoms with Gasteiger partial charge in [0.25, 0.3) is 0 Å². The molecule has 21 heavy (non-hydrogen) atoms. The molecule has 0 saturated heterocycles. The third-order valence-corrected chi connectivity index (χ3v) is 4.20. The molecule has 3 N–H and O–H groups in total. The molecule has 1 fully saturated rings. The molecule has 5 heteroatoms. The Labute approximate surface area is 131 Å². The van der Waals surface area contributed by atoms with Gasteiger partial charge in [0, 0.05) is 22.7 Å². The molecule has 0 aliphatic heterocycles. The van der Waals surface area contributed by atoms with E-state index in [2.05, 4.69) is 5.32 Å². The molecule has 1 aromatic carbocycles. The Hall–Kier alpha value is -1.26. The van der Waals surface area contributed by atoms with E-state index in [-0.39, 0.29) is 5.41 Å². The van der Waals surface area contributed by atoms with E-state index in [9.17, 15) is 4.79 Å². The fraction of sp³-hybridized carbons (Fsp3) is 0.562. The molecule has 0 unspecified atom stereocenters. The predicted octanol–water partition coefficient (Wildman–Crippen LogP) is 4.07. The lowest BCUT2D eigenvalue weighted by atomic mass is 9.64. The second kappa shape index (κ2) is 5.85. The number of ether oxygens (including phenoxy) is 1. The first-order chi connectivity index (χ1) is 9.76. The maximum absolute atomic E-state index is 11.7. The Morgan fingerprint density at radius 2 is 2.10 bits per heavy atom. The van der Waals surface area contributed by atoms with E-state index < -0.39 is 11.7 Å². The van der Waals surface area contributed by atoms with Gasteiger partial charge in [-0.3, -0.25) is 5.32 Å². The van der Waals surface area contributed by atoms with E-state index >= 15 is 0 Å². The summed E-state index contributed by atoms with van der Waals surface area (Å²) < 4.78 is 5.22. The van der Waals surface area contributed by atoms with Gasteiger partial charge in [0.1, 0.15) is 5.60 Å². The van der Waals surface area contributed by atoms with E-state index in [0.717, 1.165) is 18.4 Å². The van der Waals surface area contributed by atoms with Gasteiger partial charge in [-0.1, -0.05) is 24.1 Å². The lowest BCUT2D eigenvalue weighted by Gasteiger charge is -2.42. The Balaban J connectivity index is 2.11. The van der Waals surface area contributed by atoms with Gasteiger partial charge in [-0.25, -0.2) is 4.79 Å². The summed E-state index contributed by atoms with van der Waals surface area (Å²) in [6.07, 6.45) is 2.85. The molecule has 0 aromatic heterocycles. The van der Waals surface area contributed by atoms with Crippen molar-refractivity contribution in [2.24, 2.45) is 5.73 Å². The first-order valence-corrected chi connectivity index (χ1v) is 7.64. The summed E-state index contributed by atoms with van der Waals surface area (Å²) >= 11 is 6.37. The number of halogens is 1. The number of nitrogens with one attached hydrogen (secondary N) is 1. The van der Waals surface area contributed by atoms with Crippen LogP contribution in [0.2, 0.25) is 5.02 Å². The molecule has 1 aliphatic rings. The third-order valence-electron chi connectivity index (χ3n) is 3.89. The van der Waals surface area contributed by atoms with Crippen LogP contribution in [0.25, 0.3) is 0 Å². The van der Waals surface area contributed by atoms with Crippen LogP contribution in [0.15, 0.2) is 18.2 Å². The molecule has 1 amide bonds. The van der Waals surface area contributed by atoms with Crippen LogP contribution in [-0.2, 0) is 10.2 Å². The first kappa shape index (κ1) is 16.1. The Morgan fingerprint density at radius 1 is 1.43 bits per heavy atom. The van der Waals surface area contributed by atoms with E-state index in [1.54, 1.807) is 6.07 Å². The van der Waals surface area contributed by atoms with Gasteiger partial charge < -0.3 is 10.5 Å². The summed E-state index contributed by atoms with van der Waals surface area (Å²) in [5.74, 6) is 0. The minimum Gasteiger partial charge on any atom is -0.444 e. The number of carbonyl (C=O) groups is 1. The van der Waals surface area contributed by atoms with E-state index in [1.807, 2.05) is 32.9 Å². The van der Waals surface area contributed by atoms with E-state index in [1.165, 1.54) is 6.42 Å². The second-order valence-electron chi connectivity index (χ2n) is 6.66. The molecule has 1 aliphatic carbocycles. The molecule has 1 saturated carbocycles. The summed E-state index contributed by atoms with van der Waals surface area (Å²) in [5.41, 5.74) is 7.11. The monoisotopic (exact) mass is 310 g/mol. The summed E-state index contributed by atoms with van der Waals surface area (Å²) in [6.45, 7) is 6.07. The molecule has 0 heterocycles. The van der Waals surface area contributed by atoms with Crippen molar-refractivity contribution < 1.29 is 9.53 Å². The van der Waals surface area contributed by atoms with Gasteiger partial charge in [-0.2, -0.15) is 0 Å². The number of nitrogens with two attached hydrogens (primary N) is 1. The quantitative estimate of drug-likeness (QED) is 0.884. The summed E-state index contributed by atoms with van der Waals surface area (Å²) in [5, 5.41) is 3.34. The van der Waals surface area contributed by atoms with Crippen molar-refractivity contribution in [1.82, 2.24) is 0 Å². The topological polar surface area (TPSA) is 64.3 Å². The number of anilines is 1. The van der Waals surface area contributed by atoms with Crippen LogP contribution in [0, 0.1) is 0 Å². The van der Waals surface area contributed by atoms with Gasteiger partial charge >= 0.3 is 6.09 Å². The lowest BCUT2D eigenvalue weighted by Crippen LogP contribution is -2.41. The molecule has 0 spiro atoms. The maximum atomic E-state index is 11.7. The largest absolute Gasteiger partial charge is 0.444 e. The van der Waals surface area contributed by atoms with Crippen LogP contribution in [0.4, 0.5) is 10.5 Å². The van der Waals surface area contributed by atoms with Crippen molar-refractivity contribution >= 4 is 23.4 Å². The smallest absolute Gasteiger partial charge is 0.412 e. The normalized spacial score (nSPS) is 17.0. The zero-order valence-corrected chi connectivity index (χ0v) is 13.6. The minimum absolute atomic E-state index is 0.0154. The average molecular weight is 311 g/mol. The molecule has 116 valence electrons. The van der Waals surface area contributed by atoms with Crippen LogP contribution < -0.4 is 11.1 Å². The van der Waals surface area contributed by atoms with Crippen LogP contribution >= 0.6 is 11.6 Å². The lowest BCUT2D eigenvalue weighted by molar-refractivity contribution is 0.0636. The summed E-state index contributed by atoms with van der Waals surface area (Å²) in [6, 6.07) is 5.57. The summed E-state index contributed by atoms with van der Waals surface area (Å²) in [4.78, 5) is 11.7. The maximum Gasteiger partial charge on any atom is 0.412 e. The summed E-state index contributed by atoms with van der Waals surface area (Å²) in [7, 11) is 0. The van der Waals surface area contributed by atoms with E-state index in [0.29, 0.717) is 17.3 Å². The van der Waals surface area contributed by atoms with Crippen LogP contribution in [0.1, 0.15) is 45.6 Å². The zero-order valence-electron chi connectivity index (χ0n) is 12.8. The Morgan fingerprint density at radius 3 is 2.52 bits per heavy atom. The first-order valence-electron chi connectivity index (χ1n) is 7.26. The van der Waals surface area contributed by atoms with Crippen molar-refractivity contribution in [3.8, 4) is 0 Å². The molecule has 0 radical (unpaired) electrons. The van der Waals surface area contributed by atoms with Crippen molar-refractivity contribution in [2.75, 3.05) is 11.9 Å². The number of amides is 1. The molecule has 4 nitrogen and oxygen atoms in total. The fourth-order valence-electron chi connectivity index (χ4n) is 2.63. The highest BCUT2D eigenvalue weighted by molar-refractivity contribution is 6.31. The molecule has 1 aromatic rings. The van der Waals surface area contributed by atoms with Crippen molar-refractivity contribution in [3.05, 3.63) is 28.8 Å². The van der Waals surface area contributed by atoms with Crippen LogP contribution in [0.5, 0.6) is 0 Å². The highest BCUT2D eigenvalue weighted by Gasteiger charge is 2.38. The zero-order chi connectivity index (χ0) is 15.7. The number of carbonyl (C=O) groups excluding carboxylic acids is 1. The van der Waals surface area contributed by atoms with Crippen LogP contribution in [-0.4, -0.2) is 18.2 Å². The predicted molar refractivity (Wildman–Crippen MR) is 85.9 cm³/mol. The van der Waals surface area contributed by atoms with Crippen molar-refractivity contribution in [3.63, 3.8) is 0 Å². The molecular weight excluding hydrogens is 288 g/mol. The SMILES string of the molecule is CC(C)(C)OC(=O)Nc1ccc(C2(CN)CCC2)c(Cl)c1. The standard InChI is InChI=1S/C16H23ClN2O2/c1-15(2,3)21-14(20)19-11-5-6-12(13(17)9-11)16(10-18)7-4-8-16/h5-6,9H,4,7-8,10,18H2,1-3H3,(H,19,20). The molecule has 0 bridgehead atoms. The highest BCUT2D eigenvalue weighted by atomic mass is 35.5. The minimum atomic E-state index is -0.524. The Bertz CT molecular complexity index is 528. The molecular formula is C16H23ClN2O2.